The molecule has 44 heavy (non-hydrogen) atoms. The third-order valence-electron chi connectivity index (χ3n) is 8.32. The van der Waals surface area contributed by atoms with Gasteiger partial charge in [0.15, 0.2) is 0 Å². The first-order valence-electron chi connectivity index (χ1n) is 14.5. The van der Waals surface area contributed by atoms with E-state index in [0.717, 1.165) is 65.2 Å². The van der Waals surface area contributed by atoms with Crippen LogP contribution < -0.4 is 15.4 Å². The van der Waals surface area contributed by atoms with Gasteiger partial charge in [-0.25, -0.2) is 0 Å². The summed E-state index contributed by atoms with van der Waals surface area (Å²) in [6, 6.07) is 14.2. The van der Waals surface area contributed by atoms with Crippen LogP contribution in [-0.4, -0.2) is 52.9 Å². The topological polar surface area (TPSA) is 78.8 Å². The molecule has 11 heteroatoms. The highest BCUT2D eigenvalue weighted by atomic mass is 35.5. The lowest BCUT2D eigenvalue weighted by molar-refractivity contribution is -0.137. The number of hydrogen-bond acceptors (Lipinski definition) is 6. The van der Waals surface area contributed by atoms with Crippen molar-refractivity contribution in [3.63, 3.8) is 0 Å². The molecule has 0 fully saturated rings. The van der Waals surface area contributed by atoms with Crippen molar-refractivity contribution in [2.45, 2.75) is 53.6 Å². The molecule has 0 atom stereocenters. The Hall–Kier alpha value is -3.24. The Morgan fingerprint density at radius 2 is 1.75 bits per heavy atom. The van der Waals surface area contributed by atoms with E-state index in [1.165, 1.54) is 16.9 Å². The van der Waals surface area contributed by atoms with Gasteiger partial charge in [-0.15, -0.1) is 36.2 Å². The van der Waals surface area contributed by atoms with E-state index in [-0.39, 0.29) is 42.2 Å². The Kier molecular flexibility index (Phi) is 11.8. The van der Waals surface area contributed by atoms with Gasteiger partial charge in [0.2, 0.25) is 11.8 Å². The monoisotopic (exact) mass is 657 g/mol. The molecule has 0 unspecified atom stereocenters. The van der Waals surface area contributed by atoms with Gasteiger partial charge < -0.3 is 14.4 Å². The normalized spacial score (nSPS) is 14.3. The van der Waals surface area contributed by atoms with E-state index >= 15 is 0 Å². The molecule has 0 saturated heterocycles. The van der Waals surface area contributed by atoms with Gasteiger partial charge in [0.05, 0.1) is 16.1 Å². The highest BCUT2D eigenvalue weighted by Gasteiger charge is 2.45. The van der Waals surface area contributed by atoms with Gasteiger partial charge >= 0.3 is 0 Å². The first kappa shape index (κ1) is 35.2. The van der Waals surface area contributed by atoms with Crippen LogP contribution in [0.2, 0.25) is 0 Å². The van der Waals surface area contributed by atoms with Gasteiger partial charge in [-0.05, 0) is 99.3 Å². The number of nitrogens with zero attached hydrogens (tertiary/aromatic N) is 5. The maximum absolute atomic E-state index is 13.2. The van der Waals surface area contributed by atoms with Gasteiger partial charge in [0.25, 0.3) is 5.56 Å². The zero-order chi connectivity index (χ0) is 30.0. The van der Waals surface area contributed by atoms with Crippen molar-refractivity contribution in [3.8, 4) is 0 Å². The molecule has 0 aliphatic carbocycles. The van der Waals surface area contributed by atoms with Gasteiger partial charge in [-0.1, -0.05) is 12.1 Å². The highest BCUT2D eigenvalue weighted by molar-refractivity contribution is 7.17. The third-order valence-corrected chi connectivity index (χ3v) is 9.24. The summed E-state index contributed by atoms with van der Waals surface area (Å²) in [5, 5.41) is 2.95. The highest BCUT2D eigenvalue weighted by Crippen LogP contribution is 2.39. The van der Waals surface area contributed by atoms with Crippen molar-refractivity contribution in [3.05, 3.63) is 87.4 Å². The van der Waals surface area contributed by atoms with Crippen LogP contribution in [0.1, 0.15) is 44.0 Å². The molecule has 4 aromatic rings. The van der Waals surface area contributed by atoms with E-state index in [1.54, 1.807) is 30.7 Å². The number of halogens is 2. The maximum Gasteiger partial charge on any atom is 0.268 e. The molecule has 0 saturated carbocycles. The minimum atomic E-state index is -1.12. The second-order valence-corrected chi connectivity index (χ2v) is 12.4. The Balaban J connectivity index is 0.00000264. The Bertz CT molecular complexity index is 1690. The minimum absolute atomic E-state index is 0. The number of amides is 2. The average molecular weight is 659 g/mol. The van der Waals surface area contributed by atoms with Crippen LogP contribution >= 0.6 is 36.2 Å². The molecule has 1 aromatic carbocycles. The molecule has 236 valence electrons. The summed E-state index contributed by atoms with van der Waals surface area (Å²) < 4.78 is 2.61. The molecule has 8 nitrogen and oxygen atoms in total. The number of thiophene rings is 1. The first-order chi connectivity index (χ1) is 20.1. The molecule has 0 N–H and O–H groups in total. The number of pyridine rings is 2. The van der Waals surface area contributed by atoms with Crippen LogP contribution in [0.15, 0.2) is 65.0 Å². The van der Waals surface area contributed by atoms with E-state index in [2.05, 4.69) is 28.1 Å². The van der Waals surface area contributed by atoms with Crippen molar-refractivity contribution < 1.29 is 9.59 Å². The summed E-state index contributed by atoms with van der Waals surface area (Å²) in [6.07, 6.45) is 5.43. The number of anilines is 2. The lowest BCUT2D eigenvalue weighted by Gasteiger charge is -2.27. The van der Waals surface area contributed by atoms with E-state index < -0.39 is 5.41 Å². The van der Waals surface area contributed by atoms with Gasteiger partial charge in [-0.2, -0.15) is 0 Å². The van der Waals surface area contributed by atoms with E-state index in [4.69, 9.17) is 0 Å². The summed E-state index contributed by atoms with van der Waals surface area (Å²) in [5.74, 6) is -0.372. The van der Waals surface area contributed by atoms with Crippen molar-refractivity contribution in [1.29, 1.82) is 0 Å². The molecular formula is C33H41Cl2N5O3S. The third kappa shape index (κ3) is 7.01. The molecule has 0 spiro atoms. The number of benzene rings is 1. The predicted octanol–water partition coefficient (Wildman–Crippen LogP) is 6.10. The molecule has 3 aromatic heterocycles. The zero-order valence-corrected chi connectivity index (χ0v) is 28.4. The molecular weight excluding hydrogens is 617 g/mol. The Labute approximate surface area is 275 Å². The average Bonchev–Trinajstić information content (AvgIpc) is 3.46. The smallest absolute Gasteiger partial charge is 0.268 e. The van der Waals surface area contributed by atoms with Crippen LogP contribution in [0.3, 0.4) is 0 Å². The summed E-state index contributed by atoms with van der Waals surface area (Å²) in [7, 11) is 1.76. The van der Waals surface area contributed by atoms with Gasteiger partial charge in [-0.3, -0.25) is 24.3 Å². The van der Waals surface area contributed by atoms with Crippen LogP contribution in [0.5, 0.6) is 0 Å². The summed E-state index contributed by atoms with van der Waals surface area (Å²) >= 11 is 1.49. The van der Waals surface area contributed by atoms with Crippen LogP contribution in [-0.2, 0) is 29.1 Å². The number of carbonyl (C=O) groups excluding carboxylic acids is 2. The number of aryl methyl sites for hydroxylation is 2. The van der Waals surface area contributed by atoms with E-state index in [9.17, 15) is 14.4 Å². The van der Waals surface area contributed by atoms with Crippen molar-refractivity contribution >= 4 is 69.4 Å². The first-order valence-corrected chi connectivity index (χ1v) is 15.4. The fourth-order valence-electron chi connectivity index (χ4n) is 5.72. The Morgan fingerprint density at radius 1 is 0.977 bits per heavy atom. The predicted molar refractivity (Wildman–Crippen MR) is 185 cm³/mol. The number of carbonyl (C=O) groups is 2. The summed E-state index contributed by atoms with van der Waals surface area (Å²) in [5.41, 5.74) is 3.79. The van der Waals surface area contributed by atoms with Gasteiger partial charge in [0.1, 0.15) is 5.41 Å². The van der Waals surface area contributed by atoms with E-state index in [0.29, 0.717) is 13.1 Å². The second-order valence-electron chi connectivity index (χ2n) is 11.5. The molecule has 0 bridgehead atoms. The fraction of sp³-hybridized carbons (Fsp3) is 0.394. The second kappa shape index (κ2) is 14.7. The van der Waals surface area contributed by atoms with Crippen molar-refractivity contribution in [1.82, 2.24) is 14.5 Å². The summed E-state index contributed by atoms with van der Waals surface area (Å²) in [6.45, 7) is 10.8. The lowest BCUT2D eigenvalue weighted by atomic mass is 9.90. The largest absolute Gasteiger partial charge is 0.313 e. The summed E-state index contributed by atoms with van der Waals surface area (Å²) in [4.78, 5) is 49.6. The maximum atomic E-state index is 13.2. The quantitative estimate of drug-likeness (QED) is 0.193. The van der Waals surface area contributed by atoms with Crippen LogP contribution in [0.25, 0.3) is 10.1 Å². The van der Waals surface area contributed by atoms with Crippen LogP contribution in [0.4, 0.5) is 11.4 Å². The van der Waals surface area contributed by atoms with Crippen molar-refractivity contribution in [2.24, 2.45) is 5.41 Å². The zero-order valence-electron chi connectivity index (χ0n) is 25.9. The molecule has 1 aliphatic rings. The Morgan fingerprint density at radius 3 is 2.48 bits per heavy atom. The molecule has 5 rings (SSSR count). The number of rotatable bonds is 10. The molecule has 4 heterocycles. The number of fused-ring (bicyclic) bond motifs is 2. The molecule has 2 amide bonds. The SMILES string of the molecule is CCN1C(=O)C(C)(C)C(=O)N(C)c2cc(CCCN(CCn3ccc4ccsc4c3=O)Cc3cccnc3C)ccc21.Cl.Cl. The van der Waals surface area contributed by atoms with Crippen molar-refractivity contribution in [2.75, 3.05) is 36.5 Å². The molecule has 0 radical (unpaired) electrons. The fourth-order valence-corrected chi connectivity index (χ4v) is 6.56. The number of aromatic nitrogens is 2. The molecule has 1 aliphatic heterocycles. The lowest BCUT2D eigenvalue weighted by Crippen LogP contribution is -2.47. The minimum Gasteiger partial charge on any atom is -0.313 e. The van der Waals surface area contributed by atoms with Gasteiger partial charge in [0, 0.05) is 51.3 Å². The number of hydrogen-bond donors (Lipinski definition) is 0. The van der Waals surface area contributed by atoms with Crippen LogP contribution in [0, 0.1) is 12.3 Å². The van der Waals surface area contributed by atoms with E-state index in [1.807, 2.05) is 60.5 Å². The standard InChI is InChI=1S/C33H39N5O3S.2ClH/c1-6-38-27-12-11-24(21-28(27)35(5)31(40)33(3,4)32(38)41)9-8-16-36(22-26-10-7-15-34-23(26)2)18-19-37-17-13-25-14-20-42-29(25)30(37)39;;/h7,10-15,17,20-21H,6,8-9,16,18-19,22H2,1-5H3;2*1H.